The van der Waals surface area contributed by atoms with E-state index >= 15 is 0 Å². The van der Waals surface area contributed by atoms with E-state index in [0.29, 0.717) is 30.6 Å². The molecule has 0 aromatic heterocycles. The molecule has 0 bridgehead atoms. The van der Waals surface area contributed by atoms with Crippen molar-refractivity contribution in [3.05, 3.63) is 29.3 Å². The van der Waals surface area contributed by atoms with Gasteiger partial charge in [-0.1, -0.05) is 6.92 Å². The van der Waals surface area contributed by atoms with E-state index in [2.05, 4.69) is 0 Å². The van der Waals surface area contributed by atoms with Crippen LogP contribution in [-0.4, -0.2) is 31.9 Å². The predicted molar refractivity (Wildman–Crippen MR) is 83.7 cm³/mol. The van der Waals surface area contributed by atoms with Crippen LogP contribution < -0.4 is 5.73 Å². The van der Waals surface area contributed by atoms with Gasteiger partial charge in [0.1, 0.15) is 0 Å². The van der Waals surface area contributed by atoms with Crippen LogP contribution in [0.15, 0.2) is 23.1 Å². The molecule has 2 N–H and O–H groups in total. The number of nitriles is 1. The van der Waals surface area contributed by atoms with Crippen LogP contribution in [0.2, 0.25) is 0 Å². The summed E-state index contributed by atoms with van der Waals surface area (Å²) < 4.78 is 26.7. The predicted octanol–water partition coefficient (Wildman–Crippen LogP) is 1.65. The highest BCUT2D eigenvalue weighted by Gasteiger charge is 2.32. The van der Waals surface area contributed by atoms with Crippen molar-refractivity contribution >= 4 is 22.4 Å². The molecule has 1 fully saturated rings. The van der Waals surface area contributed by atoms with E-state index in [0.717, 1.165) is 0 Å². The van der Waals surface area contributed by atoms with Crippen molar-refractivity contribution in [2.45, 2.75) is 31.2 Å². The highest BCUT2D eigenvalue weighted by molar-refractivity contribution is 7.89. The second-order valence-corrected chi connectivity index (χ2v) is 7.32. The van der Waals surface area contributed by atoms with Crippen molar-refractivity contribution in [1.29, 1.82) is 5.26 Å². The molecule has 1 aliphatic rings. The van der Waals surface area contributed by atoms with Crippen LogP contribution in [0, 0.1) is 24.2 Å². The maximum atomic E-state index is 12.6. The summed E-state index contributed by atoms with van der Waals surface area (Å²) in [5, 5.41) is 8.90. The number of nitrogens with zero attached hydrogens (tertiary/aromatic N) is 2. The highest BCUT2D eigenvalue weighted by atomic mass is 35.5. The highest BCUT2D eigenvalue weighted by Crippen LogP contribution is 2.24. The van der Waals surface area contributed by atoms with Gasteiger partial charge in [-0.2, -0.15) is 9.57 Å². The van der Waals surface area contributed by atoms with E-state index in [9.17, 15) is 8.42 Å². The van der Waals surface area contributed by atoms with Gasteiger partial charge >= 0.3 is 0 Å². The summed E-state index contributed by atoms with van der Waals surface area (Å²) in [6.45, 7) is 4.61. The topological polar surface area (TPSA) is 87.2 Å². The average molecular weight is 330 g/mol. The van der Waals surface area contributed by atoms with E-state index < -0.39 is 10.0 Å². The van der Waals surface area contributed by atoms with Crippen molar-refractivity contribution in [3.8, 4) is 6.07 Å². The Hall–Kier alpha value is -1.13. The zero-order valence-electron chi connectivity index (χ0n) is 12.1. The lowest BCUT2D eigenvalue weighted by Gasteiger charge is -2.34. The fraction of sp³-hybridized carbons (Fsp3) is 0.500. The normalized spacial score (nSPS) is 23.1. The smallest absolute Gasteiger partial charge is 0.243 e. The van der Waals surface area contributed by atoms with E-state index in [4.69, 9.17) is 11.0 Å². The molecule has 1 aliphatic heterocycles. The first-order chi connectivity index (χ1) is 9.36. The number of aryl methyl sites for hydroxylation is 1. The summed E-state index contributed by atoms with van der Waals surface area (Å²) in [4.78, 5) is 0.247. The van der Waals surface area contributed by atoms with Gasteiger partial charge < -0.3 is 5.73 Å². The van der Waals surface area contributed by atoms with Crippen molar-refractivity contribution in [2.24, 2.45) is 11.7 Å². The first-order valence-corrected chi connectivity index (χ1v) is 8.06. The van der Waals surface area contributed by atoms with Crippen LogP contribution >= 0.6 is 12.4 Å². The largest absolute Gasteiger partial charge is 0.327 e. The third-order valence-electron chi connectivity index (χ3n) is 3.89. The molecule has 1 heterocycles. The number of benzene rings is 1. The molecule has 2 unspecified atom stereocenters. The number of sulfonamides is 1. The Labute approximate surface area is 132 Å². The summed E-state index contributed by atoms with van der Waals surface area (Å²) in [7, 11) is -3.50. The monoisotopic (exact) mass is 329 g/mol. The first kappa shape index (κ1) is 17.9. The molecule has 0 spiro atoms. The molecule has 2 rings (SSSR count). The number of piperidine rings is 1. The van der Waals surface area contributed by atoms with Gasteiger partial charge in [0.25, 0.3) is 0 Å². The van der Waals surface area contributed by atoms with Crippen LogP contribution in [0.25, 0.3) is 0 Å². The fourth-order valence-electron chi connectivity index (χ4n) is 2.41. The molecule has 21 heavy (non-hydrogen) atoms. The van der Waals surface area contributed by atoms with E-state index in [1.165, 1.54) is 10.4 Å². The Balaban J connectivity index is 0.00000220. The molecule has 5 nitrogen and oxygen atoms in total. The summed E-state index contributed by atoms with van der Waals surface area (Å²) in [5.41, 5.74) is 7.10. The number of hydrogen-bond donors (Lipinski definition) is 1. The summed E-state index contributed by atoms with van der Waals surface area (Å²) in [6, 6.07) is 6.72. The molecular formula is C14H20ClN3O2S. The van der Waals surface area contributed by atoms with Gasteiger partial charge in [0.05, 0.1) is 16.5 Å². The minimum Gasteiger partial charge on any atom is -0.327 e. The summed E-state index contributed by atoms with van der Waals surface area (Å²) >= 11 is 0. The molecular weight excluding hydrogens is 310 g/mol. The lowest BCUT2D eigenvalue weighted by molar-refractivity contribution is 0.250. The van der Waals surface area contributed by atoms with E-state index in [1.807, 2.05) is 13.0 Å². The number of halogens is 1. The van der Waals surface area contributed by atoms with Gasteiger partial charge in [0.2, 0.25) is 10.0 Å². The molecule has 2 atom stereocenters. The fourth-order valence-corrected chi connectivity index (χ4v) is 4.06. The van der Waals surface area contributed by atoms with Gasteiger partial charge in [-0.05, 0) is 43.0 Å². The second kappa shape index (κ2) is 6.75. The van der Waals surface area contributed by atoms with Crippen molar-refractivity contribution in [2.75, 3.05) is 13.1 Å². The van der Waals surface area contributed by atoms with Crippen LogP contribution in [0.5, 0.6) is 0 Å². The quantitative estimate of drug-likeness (QED) is 0.893. The third-order valence-corrected chi connectivity index (χ3v) is 5.75. The zero-order valence-corrected chi connectivity index (χ0v) is 13.7. The summed E-state index contributed by atoms with van der Waals surface area (Å²) in [5.74, 6) is 0.151. The van der Waals surface area contributed by atoms with E-state index in [1.54, 1.807) is 19.1 Å². The van der Waals surface area contributed by atoms with Gasteiger partial charge in [0.15, 0.2) is 0 Å². The lowest BCUT2D eigenvalue weighted by Crippen LogP contribution is -2.48. The van der Waals surface area contributed by atoms with Crippen molar-refractivity contribution in [1.82, 2.24) is 4.31 Å². The molecule has 116 valence electrons. The van der Waals surface area contributed by atoms with Gasteiger partial charge in [-0.3, -0.25) is 0 Å². The van der Waals surface area contributed by atoms with Gasteiger partial charge in [0, 0.05) is 19.1 Å². The maximum absolute atomic E-state index is 12.6. The Kier molecular flexibility index (Phi) is 5.76. The van der Waals surface area contributed by atoms with Crippen molar-refractivity contribution < 1.29 is 8.42 Å². The lowest BCUT2D eigenvalue weighted by atomic mass is 9.96. The molecule has 1 saturated heterocycles. The molecule has 7 heteroatoms. The number of hydrogen-bond acceptors (Lipinski definition) is 4. The Bertz CT molecular complexity index is 655. The first-order valence-electron chi connectivity index (χ1n) is 6.62. The Morgan fingerprint density at radius 3 is 2.62 bits per heavy atom. The molecule has 0 radical (unpaired) electrons. The van der Waals surface area contributed by atoms with Crippen LogP contribution in [0.1, 0.15) is 24.5 Å². The van der Waals surface area contributed by atoms with E-state index in [-0.39, 0.29) is 29.3 Å². The molecule has 1 aromatic rings. The molecule has 0 aliphatic carbocycles. The standard InChI is InChI=1S/C14H19N3O2S.ClH/c1-10-7-13(4-3-12(10)8-15)20(18,19)17-6-5-14(16)11(2)9-17;/h3-4,7,11,14H,5-6,9,16H2,1-2H3;1H. The van der Waals surface area contributed by atoms with Crippen LogP contribution in [-0.2, 0) is 10.0 Å². The van der Waals surface area contributed by atoms with Gasteiger partial charge in [-0.25, -0.2) is 8.42 Å². The SMILES string of the molecule is Cc1cc(S(=O)(=O)N2CCC(N)C(C)C2)ccc1C#N.Cl. The molecule has 0 saturated carbocycles. The average Bonchev–Trinajstić information content (AvgIpc) is 2.41. The Morgan fingerprint density at radius 1 is 1.43 bits per heavy atom. The third kappa shape index (κ3) is 3.55. The van der Waals surface area contributed by atoms with Crippen LogP contribution in [0.4, 0.5) is 0 Å². The number of rotatable bonds is 2. The Morgan fingerprint density at radius 2 is 2.10 bits per heavy atom. The van der Waals surface area contributed by atoms with Gasteiger partial charge in [-0.15, -0.1) is 12.4 Å². The zero-order chi connectivity index (χ0) is 14.9. The van der Waals surface area contributed by atoms with Crippen LogP contribution in [0.3, 0.4) is 0 Å². The van der Waals surface area contributed by atoms with Crippen molar-refractivity contribution in [3.63, 3.8) is 0 Å². The minimum absolute atomic E-state index is 0. The maximum Gasteiger partial charge on any atom is 0.243 e. The molecule has 1 aromatic carbocycles. The minimum atomic E-state index is -3.50. The number of nitrogens with two attached hydrogens (primary N) is 1. The summed E-state index contributed by atoms with van der Waals surface area (Å²) in [6.07, 6.45) is 0.676. The molecule has 0 amide bonds. The second-order valence-electron chi connectivity index (χ2n) is 5.38.